The summed E-state index contributed by atoms with van der Waals surface area (Å²) in [5.41, 5.74) is 12.0. The van der Waals surface area contributed by atoms with E-state index in [4.69, 9.17) is 16.2 Å². The highest BCUT2D eigenvalue weighted by Crippen LogP contribution is 2.26. The van der Waals surface area contributed by atoms with Crippen molar-refractivity contribution in [1.29, 1.82) is 0 Å². The van der Waals surface area contributed by atoms with Gasteiger partial charge in [-0.1, -0.05) is 13.3 Å². The van der Waals surface area contributed by atoms with E-state index in [9.17, 15) is 9.59 Å². The van der Waals surface area contributed by atoms with Crippen LogP contribution in [-0.4, -0.2) is 37.0 Å². The van der Waals surface area contributed by atoms with Gasteiger partial charge in [0.05, 0.1) is 12.7 Å². The van der Waals surface area contributed by atoms with Gasteiger partial charge in [0, 0.05) is 25.1 Å². The number of hydrogen-bond acceptors (Lipinski definition) is 5. The molecule has 1 saturated carbocycles. The minimum Gasteiger partial charge on any atom is -0.463 e. The lowest BCUT2D eigenvalue weighted by atomic mass is 9.87. The fraction of sp³-hybridized carbons (Fsp3) is 0.706. The summed E-state index contributed by atoms with van der Waals surface area (Å²) in [5.74, 6) is -0.0547. The van der Waals surface area contributed by atoms with Gasteiger partial charge < -0.3 is 26.8 Å². The van der Waals surface area contributed by atoms with Gasteiger partial charge in [-0.05, 0) is 32.1 Å². The molecule has 0 aliphatic heterocycles. The summed E-state index contributed by atoms with van der Waals surface area (Å²) in [6, 6.07) is 0. The zero-order valence-electron chi connectivity index (χ0n) is 15.2. The van der Waals surface area contributed by atoms with Crippen molar-refractivity contribution in [2.75, 3.05) is 13.1 Å². The average Bonchev–Trinajstić information content (AvgIpc) is 2.58. The fourth-order valence-electron chi connectivity index (χ4n) is 2.65. The Hall–Kier alpha value is -2.25. The van der Waals surface area contributed by atoms with Crippen molar-refractivity contribution in [3.05, 3.63) is 11.9 Å². The maximum absolute atomic E-state index is 12.2. The molecular weight excluding hydrogens is 322 g/mol. The topological polar surface area (TPSA) is 132 Å². The van der Waals surface area contributed by atoms with Crippen LogP contribution in [0.5, 0.6) is 0 Å². The SMILES string of the molecule is CCCCN/C(N)=N/C=C(\N)CNC(=O)C1CCC(OC(C)=O)CC1. The average molecular weight is 353 g/mol. The molecule has 6 N–H and O–H groups in total. The highest BCUT2D eigenvalue weighted by molar-refractivity contribution is 5.79. The highest BCUT2D eigenvalue weighted by Gasteiger charge is 2.27. The first-order valence-corrected chi connectivity index (χ1v) is 8.89. The molecule has 1 fully saturated rings. The number of nitrogens with zero attached hydrogens (tertiary/aromatic N) is 1. The Kier molecular flexibility index (Phi) is 9.42. The van der Waals surface area contributed by atoms with Crippen molar-refractivity contribution in [2.24, 2.45) is 22.4 Å². The molecule has 1 rings (SSSR count). The van der Waals surface area contributed by atoms with E-state index in [-0.39, 0.29) is 30.4 Å². The van der Waals surface area contributed by atoms with E-state index in [1.807, 2.05) is 0 Å². The van der Waals surface area contributed by atoms with Crippen LogP contribution in [0, 0.1) is 5.92 Å². The van der Waals surface area contributed by atoms with Crippen LogP contribution in [0.25, 0.3) is 0 Å². The number of ether oxygens (including phenoxy) is 1. The number of carbonyl (C=O) groups is 2. The van der Waals surface area contributed by atoms with Gasteiger partial charge in [0.25, 0.3) is 0 Å². The summed E-state index contributed by atoms with van der Waals surface area (Å²) in [4.78, 5) is 27.1. The lowest BCUT2D eigenvalue weighted by molar-refractivity contribution is -0.148. The second-order valence-electron chi connectivity index (χ2n) is 6.30. The van der Waals surface area contributed by atoms with E-state index in [0.29, 0.717) is 37.3 Å². The molecule has 0 atom stereocenters. The zero-order valence-corrected chi connectivity index (χ0v) is 15.2. The predicted octanol–water partition coefficient (Wildman–Crippen LogP) is 0.729. The van der Waals surface area contributed by atoms with E-state index >= 15 is 0 Å². The zero-order chi connectivity index (χ0) is 18.7. The number of nitrogens with one attached hydrogen (secondary N) is 2. The molecule has 1 aliphatic carbocycles. The first kappa shape index (κ1) is 20.8. The van der Waals surface area contributed by atoms with Crippen molar-refractivity contribution in [3.8, 4) is 0 Å². The first-order chi connectivity index (χ1) is 11.9. The first-order valence-electron chi connectivity index (χ1n) is 8.89. The number of rotatable bonds is 8. The van der Waals surface area contributed by atoms with Crippen molar-refractivity contribution in [3.63, 3.8) is 0 Å². The van der Waals surface area contributed by atoms with Gasteiger partial charge in [-0.25, -0.2) is 4.99 Å². The van der Waals surface area contributed by atoms with E-state index in [1.165, 1.54) is 13.1 Å². The summed E-state index contributed by atoms with van der Waals surface area (Å²) < 4.78 is 5.17. The Morgan fingerprint density at radius 3 is 2.48 bits per heavy atom. The molecule has 8 heteroatoms. The minimum absolute atomic E-state index is 0.0318. The minimum atomic E-state index is -0.269. The Bertz CT molecular complexity index is 497. The Morgan fingerprint density at radius 1 is 1.20 bits per heavy atom. The van der Waals surface area contributed by atoms with E-state index in [0.717, 1.165) is 19.4 Å². The molecule has 0 aromatic rings. The van der Waals surface area contributed by atoms with E-state index in [1.54, 1.807) is 0 Å². The van der Waals surface area contributed by atoms with Gasteiger partial charge in [-0.2, -0.15) is 0 Å². The molecule has 0 saturated heterocycles. The molecule has 1 amide bonds. The van der Waals surface area contributed by atoms with Crippen LogP contribution >= 0.6 is 0 Å². The molecular formula is C17H31N5O3. The summed E-state index contributed by atoms with van der Waals surface area (Å²) in [6.07, 6.45) is 6.33. The van der Waals surface area contributed by atoms with Gasteiger partial charge in [-0.3, -0.25) is 9.59 Å². The largest absolute Gasteiger partial charge is 0.463 e. The number of amides is 1. The fourth-order valence-corrected chi connectivity index (χ4v) is 2.65. The molecule has 142 valence electrons. The Morgan fingerprint density at radius 2 is 1.88 bits per heavy atom. The Balaban J connectivity index is 2.30. The summed E-state index contributed by atoms with van der Waals surface area (Å²) in [7, 11) is 0. The lowest BCUT2D eigenvalue weighted by Crippen LogP contribution is -2.36. The standard InChI is InChI=1S/C17H31N5O3/c1-3-4-9-20-17(19)22-11-14(18)10-21-16(24)13-5-7-15(8-6-13)25-12(2)23/h11,13,15H,3-10,18H2,1-2H3,(H,21,24)(H3,19,20,22)/b14-11-. The normalized spacial score (nSPS) is 21.5. The molecule has 0 aromatic heterocycles. The Labute approximate surface area is 149 Å². The number of carbonyl (C=O) groups excluding carboxylic acids is 2. The van der Waals surface area contributed by atoms with Crippen molar-refractivity contribution in [2.45, 2.75) is 58.5 Å². The monoisotopic (exact) mass is 353 g/mol. The molecule has 0 bridgehead atoms. The molecule has 0 radical (unpaired) electrons. The molecule has 0 unspecified atom stereocenters. The summed E-state index contributed by atoms with van der Waals surface area (Å²) in [6.45, 7) is 4.50. The van der Waals surface area contributed by atoms with E-state index < -0.39 is 0 Å². The van der Waals surface area contributed by atoms with Crippen LogP contribution in [0.4, 0.5) is 0 Å². The molecule has 0 aromatic carbocycles. The quantitative estimate of drug-likeness (QED) is 0.220. The van der Waals surface area contributed by atoms with E-state index in [2.05, 4.69) is 22.5 Å². The van der Waals surface area contributed by atoms with Crippen LogP contribution in [0.2, 0.25) is 0 Å². The second kappa shape index (κ2) is 11.3. The molecule has 1 aliphatic rings. The maximum atomic E-state index is 12.2. The van der Waals surface area contributed by atoms with Crippen molar-refractivity contribution >= 4 is 17.8 Å². The molecule has 25 heavy (non-hydrogen) atoms. The third kappa shape index (κ3) is 8.97. The third-order valence-electron chi connectivity index (χ3n) is 4.05. The van der Waals surface area contributed by atoms with Crippen LogP contribution < -0.4 is 22.1 Å². The van der Waals surface area contributed by atoms with Crippen LogP contribution in [0.15, 0.2) is 16.9 Å². The van der Waals surface area contributed by atoms with Crippen LogP contribution in [-0.2, 0) is 14.3 Å². The van der Waals surface area contributed by atoms with Crippen molar-refractivity contribution < 1.29 is 14.3 Å². The second-order valence-corrected chi connectivity index (χ2v) is 6.30. The van der Waals surface area contributed by atoms with Crippen molar-refractivity contribution in [1.82, 2.24) is 10.6 Å². The van der Waals surface area contributed by atoms with Gasteiger partial charge in [0.2, 0.25) is 5.91 Å². The van der Waals surface area contributed by atoms with Gasteiger partial charge in [0.1, 0.15) is 6.10 Å². The van der Waals surface area contributed by atoms with Gasteiger partial charge in [-0.15, -0.1) is 0 Å². The number of unbranched alkanes of at least 4 members (excludes halogenated alkanes) is 1. The highest BCUT2D eigenvalue weighted by atomic mass is 16.5. The number of aliphatic imine (C=N–C) groups is 1. The molecule has 0 spiro atoms. The van der Waals surface area contributed by atoms with Gasteiger partial charge >= 0.3 is 5.97 Å². The van der Waals surface area contributed by atoms with Crippen LogP contribution in [0.1, 0.15) is 52.4 Å². The smallest absolute Gasteiger partial charge is 0.302 e. The maximum Gasteiger partial charge on any atom is 0.302 e. The number of guanidine groups is 1. The lowest BCUT2D eigenvalue weighted by Gasteiger charge is -2.27. The summed E-state index contributed by atoms with van der Waals surface area (Å²) >= 11 is 0. The predicted molar refractivity (Wildman–Crippen MR) is 97.3 cm³/mol. The van der Waals surface area contributed by atoms with Gasteiger partial charge in [0.15, 0.2) is 5.96 Å². The third-order valence-corrected chi connectivity index (χ3v) is 4.05. The number of nitrogens with two attached hydrogens (primary N) is 2. The summed E-state index contributed by atoms with van der Waals surface area (Å²) in [5, 5.41) is 5.79. The molecule has 8 nitrogen and oxygen atoms in total. The van der Waals surface area contributed by atoms with Crippen LogP contribution in [0.3, 0.4) is 0 Å². The molecule has 0 heterocycles. The number of esters is 1. The number of hydrogen-bond donors (Lipinski definition) is 4.